The summed E-state index contributed by atoms with van der Waals surface area (Å²) in [5.41, 5.74) is 0.372. The molecule has 44 heavy (non-hydrogen) atoms. The first kappa shape index (κ1) is 41.2. The Balaban J connectivity index is 0.000000944. The van der Waals surface area contributed by atoms with Crippen molar-refractivity contribution in [2.45, 2.75) is 85.7 Å². The first-order valence-electron chi connectivity index (χ1n) is 15.0. The topological polar surface area (TPSA) is 114 Å². The number of benzene rings is 1. The van der Waals surface area contributed by atoms with E-state index in [0.717, 1.165) is 12.1 Å². The minimum Gasteiger partial charge on any atom is -0.495 e. The number of halogens is 3. The van der Waals surface area contributed by atoms with Crippen LogP contribution in [0.1, 0.15) is 92.9 Å². The van der Waals surface area contributed by atoms with E-state index < -0.39 is 22.7 Å². The molecule has 1 amide bonds. The lowest BCUT2D eigenvalue weighted by Crippen LogP contribution is -2.27. The van der Waals surface area contributed by atoms with Crippen LogP contribution in [0.2, 0.25) is 0 Å². The Morgan fingerprint density at radius 2 is 1.73 bits per heavy atom. The van der Waals surface area contributed by atoms with Gasteiger partial charge in [0, 0.05) is 31.7 Å². The van der Waals surface area contributed by atoms with Gasteiger partial charge in [-0.2, -0.15) is 13.2 Å². The molecular weight excluding hydrogens is 595 g/mol. The van der Waals surface area contributed by atoms with E-state index in [2.05, 4.69) is 32.2 Å². The Hall–Kier alpha value is -2.77. The molecule has 0 aliphatic heterocycles. The molecule has 1 aromatic carbocycles. The molecule has 0 radical (unpaired) electrons. The summed E-state index contributed by atoms with van der Waals surface area (Å²) in [7, 11) is 3.78. The number of aromatic nitrogens is 2. The maximum Gasteiger partial charge on any atom is 0.419 e. The Morgan fingerprint density at radius 3 is 2.20 bits per heavy atom. The largest absolute Gasteiger partial charge is 0.495 e. The Kier molecular flexibility index (Phi) is 21.3. The predicted molar refractivity (Wildman–Crippen MR) is 173 cm³/mol. The van der Waals surface area contributed by atoms with Crippen molar-refractivity contribution in [3.05, 3.63) is 40.7 Å². The summed E-state index contributed by atoms with van der Waals surface area (Å²) in [4.78, 5) is 19.9. The molecule has 3 rings (SSSR count). The molecule has 3 N–H and O–H groups in total. The van der Waals surface area contributed by atoms with E-state index in [0.29, 0.717) is 35.7 Å². The average molecular weight is 648 g/mol. The number of amides is 1. The molecule has 1 fully saturated rings. The van der Waals surface area contributed by atoms with Gasteiger partial charge >= 0.3 is 6.18 Å². The number of carbonyl (C=O) groups excluding carboxylic acids is 1. The van der Waals surface area contributed by atoms with E-state index in [9.17, 15) is 22.2 Å². The van der Waals surface area contributed by atoms with Crippen molar-refractivity contribution in [1.82, 2.24) is 20.0 Å². The smallest absolute Gasteiger partial charge is 0.419 e. The van der Waals surface area contributed by atoms with Gasteiger partial charge in [-0.05, 0) is 44.5 Å². The molecule has 0 saturated heterocycles. The van der Waals surface area contributed by atoms with Crippen LogP contribution in [0.5, 0.6) is 5.75 Å². The van der Waals surface area contributed by atoms with E-state index in [1.807, 2.05) is 13.8 Å². The van der Waals surface area contributed by atoms with Crippen LogP contribution in [-0.4, -0.2) is 60.8 Å². The molecule has 9 nitrogen and oxygen atoms in total. The van der Waals surface area contributed by atoms with Gasteiger partial charge in [-0.3, -0.25) is 4.79 Å². The third-order valence-corrected chi connectivity index (χ3v) is 7.20. The van der Waals surface area contributed by atoms with Crippen LogP contribution in [0.25, 0.3) is 0 Å². The van der Waals surface area contributed by atoms with Crippen molar-refractivity contribution in [1.29, 1.82) is 0 Å². The zero-order valence-electron chi connectivity index (χ0n) is 27.7. The number of nitrogens with zero attached hydrogens (tertiary/aromatic N) is 2. The monoisotopic (exact) mass is 647 g/mol. The molecule has 0 spiro atoms. The van der Waals surface area contributed by atoms with Gasteiger partial charge in [0.2, 0.25) is 5.95 Å². The first-order valence-corrected chi connectivity index (χ1v) is 16.6. The molecule has 252 valence electrons. The SMILES string of the molecule is CC.CCCC1CCCCC1.CNS(C)=O.COCCNC(=O)c1cc(OC)c(Nc2ncc(C(F)(F)F)c(C)n2)cc1C. The summed E-state index contributed by atoms with van der Waals surface area (Å²) >= 11 is 0. The third-order valence-electron chi connectivity index (χ3n) is 6.62. The van der Waals surface area contributed by atoms with Crippen LogP contribution < -0.4 is 20.1 Å². The zero-order valence-corrected chi connectivity index (χ0v) is 28.6. The normalized spacial score (nSPS) is 13.5. The van der Waals surface area contributed by atoms with Gasteiger partial charge < -0.3 is 20.1 Å². The summed E-state index contributed by atoms with van der Waals surface area (Å²) in [5, 5.41) is 5.55. The maximum atomic E-state index is 12.8. The van der Waals surface area contributed by atoms with Crippen molar-refractivity contribution in [3.8, 4) is 5.75 Å². The number of rotatable bonds is 10. The Morgan fingerprint density at radius 1 is 1.11 bits per heavy atom. The fourth-order valence-corrected chi connectivity index (χ4v) is 4.37. The molecule has 13 heteroatoms. The number of aryl methyl sites for hydroxylation is 2. The highest BCUT2D eigenvalue weighted by atomic mass is 32.2. The van der Waals surface area contributed by atoms with Crippen molar-refractivity contribution < 1.29 is 31.6 Å². The van der Waals surface area contributed by atoms with Crippen LogP contribution in [0.15, 0.2) is 18.3 Å². The molecule has 1 aliphatic rings. The Bertz CT molecular complexity index is 1130. The second-order valence-electron chi connectivity index (χ2n) is 9.88. The van der Waals surface area contributed by atoms with Gasteiger partial charge in [0.25, 0.3) is 5.91 Å². The van der Waals surface area contributed by atoms with Crippen molar-refractivity contribution in [2.75, 3.05) is 46.0 Å². The predicted octanol–water partition coefficient (Wildman–Crippen LogP) is 7.13. The molecule has 1 unspecified atom stereocenters. The number of hydrogen-bond donors (Lipinski definition) is 3. The fraction of sp³-hybridized carbons (Fsp3) is 0.645. The minimum atomic E-state index is -4.52. The van der Waals surface area contributed by atoms with Gasteiger partial charge in [0.1, 0.15) is 5.75 Å². The summed E-state index contributed by atoms with van der Waals surface area (Å²) in [6.45, 7) is 10.0. The number of ether oxygens (including phenoxy) is 2. The number of hydrogen-bond acceptors (Lipinski definition) is 7. The summed E-state index contributed by atoms with van der Waals surface area (Å²) < 4.78 is 61.0. The van der Waals surface area contributed by atoms with Crippen molar-refractivity contribution in [2.24, 2.45) is 5.92 Å². The molecular formula is C31H52F3N5O4S. The summed E-state index contributed by atoms with van der Waals surface area (Å²) in [5.74, 6) is 1.12. The number of anilines is 2. The van der Waals surface area contributed by atoms with Crippen LogP contribution >= 0.6 is 0 Å². The highest BCUT2D eigenvalue weighted by Crippen LogP contribution is 2.33. The first-order chi connectivity index (χ1) is 20.9. The lowest BCUT2D eigenvalue weighted by Gasteiger charge is -2.20. The van der Waals surface area contributed by atoms with E-state index in [4.69, 9.17) is 9.47 Å². The third kappa shape index (κ3) is 15.8. The van der Waals surface area contributed by atoms with Gasteiger partial charge in [-0.25, -0.2) is 18.9 Å². The van der Waals surface area contributed by atoms with Crippen LogP contribution in [0.3, 0.4) is 0 Å². The number of nitrogens with one attached hydrogen (secondary N) is 3. The number of methoxy groups -OCH3 is 2. The van der Waals surface area contributed by atoms with Gasteiger partial charge in [0.15, 0.2) is 0 Å². The van der Waals surface area contributed by atoms with E-state index >= 15 is 0 Å². The molecule has 2 aromatic rings. The summed E-state index contributed by atoms with van der Waals surface area (Å²) in [6, 6.07) is 3.18. The van der Waals surface area contributed by atoms with Crippen LogP contribution in [0.4, 0.5) is 24.8 Å². The molecule has 1 aromatic heterocycles. The van der Waals surface area contributed by atoms with Gasteiger partial charge in [-0.1, -0.05) is 65.7 Å². The molecule has 1 saturated carbocycles. The van der Waals surface area contributed by atoms with E-state index in [1.165, 1.54) is 72.2 Å². The molecule has 1 atom stereocenters. The zero-order chi connectivity index (χ0) is 33.7. The number of carbonyl (C=O) groups is 1. The van der Waals surface area contributed by atoms with Crippen LogP contribution in [-0.2, 0) is 21.9 Å². The van der Waals surface area contributed by atoms with Gasteiger partial charge in [-0.15, -0.1) is 0 Å². The van der Waals surface area contributed by atoms with Crippen molar-refractivity contribution in [3.63, 3.8) is 0 Å². The van der Waals surface area contributed by atoms with Crippen molar-refractivity contribution >= 4 is 28.5 Å². The summed E-state index contributed by atoms with van der Waals surface area (Å²) in [6.07, 6.45) is 8.22. The fourth-order valence-electron chi connectivity index (χ4n) is 4.37. The highest BCUT2D eigenvalue weighted by molar-refractivity contribution is 7.82. The standard InChI is InChI=1S/C18H21F3N4O3.C9H18.C2H7NOS.C2H6/c1-10-7-14(15(28-4)8-12(10)16(26)22-5-6-27-3)25-17-23-9-13(11(2)24-17)18(19,20)21;1-2-6-9-7-4-3-5-8-9;1-3-5(2)4;1-2/h7-9H,5-6H2,1-4H3,(H,22,26)(H,23,24,25);9H,2-8H2,1H3;3H,1-2H3;1-2H3. The Labute approximate surface area is 264 Å². The van der Waals surface area contributed by atoms with Crippen LogP contribution in [0, 0.1) is 19.8 Å². The molecule has 0 bridgehead atoms. The minimum absolute atomic E-state index is 0.0134. The lowest BCUT2D eigenvalue weighted by atomic mass is 9.86. The van der Waals surface area contributed by atoms with Gasteiger partial charge in [0.05, 0.1) is 41.6 Å². The number of alkyl halides is 3. The second-order valence-corrected chi connectivity index (χ2v) is 11.2. The molecule has 1 aliphatic carbocycles. The lowest BCUT2D eigenvalue weighted by molar-refractivity contribution is -0.138. The molecule has 1 heterocycles. The quantitative estimate of drug-likeness (QED) is 0.235. The second kappa shape index (κ2) is 22.7. The van der Waals surface area contributed by atoms with E-state index in [-0.39, 0.29) is 17.5 Å². The highest BCUT2D eigenvalue weighted by Gasteiger charge is 2.33. The average Bonchev–Trinajstić information content (AvgIpc) is 2.99. The maximum absolute atomic E-state index is 12.8. The van der Waals surface area contributed by atoms with E-state index in [1.54, 1.807) is 26.3 Å².